The minimum Gasteiger partial charge on any atom is -0.227 e. The average Bonchev–Trinajstić information content (AvgIpc) is 2.43. The molecule has 20 heavy (non-hydrogen) atoms. The zero-order chi connectivity index (χ0) is 14.3. The molecule has 100 valence electrons. The van der Waals surface area contributed by atoms with Crippen molar-refractivity contribution >= 4 is 50.0 Å². The third-order valence-electron chi connectivity index (χ3n) is 2.82. The first-order valence-electron chi connectivity index (χ1n) is 5.64. The lowest BCUT2D eigenvalue weighted by Crippen LogP contribution is -1.95. The summed E-state index contributed by atoms with van der Waals surface area (Å²) in [5.41, 5.74) is 0.846. The van der Waals surface area contributed by atoms with Gasteiger partial charge in [-0.3, -0.25) is 0 Å². The normalized spacial score (nSPS) is 11.0. The molecular weight excluding hydrogens is 366 g/mol. The van der Waals surface area contributed by atoms with Crippen LogP contribution in [0.4, 0.5) is 4.39 Å². The number of nitrogens with zero attached hydrogens (tertiary/aromatic N) is 2. The van der Waals surface area contributed by atoms with Gasteiger partial charge in [0, 0.05) is 9.86 Å². The number of hydrogen-bond donors (Lipinski definition) is 0. The number of hydrogen-bond acceptors (Lipinski definition) is 2. The standard InChI is InChI=1S/C14H6BrCl2FN2/c15-9-5-1-4-8-12(9)19-14(20-13(8)17)7-3-2-6-10(16)11(7)18/h1-6H. The van der Waals surface area contributed by atoms with E-state index in [1.807, 2.05) is 12.1 Å². The van der Waals surface area contributed by atoms with E-state index in [2.05, 4.69) is 25.9 Å². The van der Waals surface area contributed by atoms with Crippen LogP contribution in [0.15, 0.2) is 40.9 Å². The Morgan fingerprint density at radius 2 is 1.75 bits per heavy atom. The Morgan fingerprint density at radius 3 is 2.55 bits per heavy atom. The first-order chi connectivity index (χ1) is 9.58. The second-order valence-corrected chi connectivity index (χ2v) is 5.69. The van der Waals surface area contributed by atoms with E-state index in [9.17, 15) is 4.39 Å². The third-order valence-corrected chi connectivity index (χ3v) is 4.04. The molecule has 3 rings (SSSR count). The molecule has 3 aromatic rings. The number of aromatic nitrogens is 2. The lowest BCUT2D eigenvalue weighted by atomic mass is 10.2. The molecule has 0 saturated carbocycles. The molecule has 1 heterocycles. The van der Waals surface area contributed by atoms with Gasteiger partial charge in [0.15, 0.2) is 11.6 Å². The molecule has 1 aromatic heterocycles. The second-order valence-electron chi connectivity index (χ2n) is 4.08. The number of benzene rings is 2. The van der Waals surface area contributed by atoms with Gasteiger partial charge < -0.3 is 0 Å². The highest BCUT2D eigenvalue weighted by Gasteiger charge is 2.14. The van der Waals surface area contributed by atoms with Gasteiger partial charge in [0.05, 0.1) is 16.1 Å². The van der Waals surface area contributed by atoms with Gasteiger partial charge in [-0.15, -0.1) is 0 Å². The highest BCUT2D eigenvalue weighted by Crippen LogP contribution is 2.31. The van der Waals surface area contributed by atoms with Crippen molar-refractivity contribution in [3.05, 3.63) is 56.9 Å². The monoisotopic (exact) mass is 370 g/mol. The summed E-state index contributed by atoms with van der Waals surface area (Å²) in [6, 6.07) is 10.2. The van der Waals surface area contributed by atoms with Crippen LogP contribution in [0.3, 0.4) is 0 Å². The minimum atomic E-state index is -0.559. The van der Waals surface area contributed by atoms with Crippen LogP contribution in [0.1, 0.15) is 0 Å². The topological polar surface area (TPSA) is 25.8 Å². The van der Waals surface area contributed by atoms with E-state index < -0.39 is 5.82 Å². The average molecular weight is 372 g/mol. The van der Waals surface area contributed by atoms with Crippen molar-refractivity contribution in [1.82, 2.24) is 9.97 Å². The molecule has 0 amide bonds. The van der Waals surface area contributed by atoms with Crippen molar-refractivity contribution < 1.29 is 4.39 Å². The molecule has 2 aromatic carbocycles. The largest absolute Gasteiger partial charge is 0.227 e. The Morgan fingerprint density at radius 1 is 1.00 bits per heavy atom. The molecule has 6 heteroatoms. The number of fused-ring (bicyclic) bond motifs is 1. The van der Waals surface area contributed by atoms with Crippen molar-refractivity contribution in [3.63, 3.8) is 0 Å². The zero-order valence-corrected chi connectivity index (χ0v) is 13.0. The maximum absolute atomic E-state index is 14.1. The molecule has 0 unspecified atom stereocenters. The quantitative estimate of drug-likeness (QED) is 0.527. The van der Waals surface area contributed by atoms with E-state index in [1.54, 1.807) is 18.2 Å². The molecule has 0 N–H and O–H groups in total. The van der Waals surface area contributed by atoms with Gasteiger partial charge in [0.1, 0.15) is 5.15 Å². The molecule has 0 aliphatic heterocycles. The van der Waals surface area contributed by atoms with Crippen LogP contribution >= 0.6 is 39.1 Å². The third kappa shape index (κ3) is 2.28. The zero-order valence-electron chi connectivity index (χ0n) is 9.87. The highest BCUT2D eigenvalue weighted by atomic mass is 79.9. The van der Waals surface area contributed by atoms with E-state index >= 15 is 0 Å². The summed E-state index contributed by atoms with van der Waals surface area (Å²) in [5, 5.41) is 0.993. The van der Waals surface area contributed by atoms with Gasteiger partial charge >= 0.3 is 0 Å². The summed E-state index contributed by atoms with van der Waals surface area (Å²) in [6.45, 7) is 0. The second kappa shape index (κ2) is 5.28. The Labute approximate surface area is 132 Å². The molecule has 0 bridgehead atoms. The van der Waals surface area contributed by atoms with Crippen LogP contribution in [0.5, 0.6) is 0 Å². The Hall–Kier alpha value is -1.23. The number of rotatable bonds is 1. The molecule has 0 fully saturated rings. The van der Waals surface area contributed by atoms with Crippen molar-refractivity contribution in [1.29, 1.82) is 0 Å². The maximum Gasteiger partial charge on any atom is 0.164 e. The van der Waals surface area contributed by atoms with Crippen LogP contribution in [-0.2, 0) is 0 Å². The van der Waals surface area contributed by atoms with Crippen LogP contribution in [-0.4, -0.2) is 9.97 Å². The van der Waals surface area contributed by atoms with Crippen LogP contribution in [0.2, 0.25) is 10.2 Å². The maximum atomic E-state index is 14.1. The minimum absolute atomic E-state index is 0.0226. The first-order valence-corrected chi connectivity index (χ1v) is 7.19. The Bertz CT molecular complexity index is 824. The fourth-order valence-electron chi connectivity index (χ4n) is 1.88. The number of para-hydroxylation sites is 1. The smallest absolute Gasteiger partial charge is 0.164 e. The molecular formula is C14H6BrCl2FN2. The first kappa shape index (κ1) is 13.7. The summed E-state index contributed by atoms with van der Waals surface area (Å²) in [7, 11) is 0. The van der Waals surface area contributed by atoms with Crippen molar-refractivity contribution in [3.8, 4) is 11.4 Å². The van der Waals surface area contributed by atoms with Crippen LogP contribution < -0.4 is 0 Å². The molecule has 0 aliphatic rings. The predicted molar refractivity (Wildman–Crippen MR) is 82.7 cm³/mol. The molecule has 0 spiro atoms. The lowest BCUT2D eigenvalue weighted by molar-refractivity contribution is 0.630. The summed E-state index contributed by atoms with van der Waals surface area (Å²) >= 11 is 15.3. The number of halogens is 4. The van der Waals surface area contributed by atoms with Crippen molar-refractivity contribution in [2.45, 2.75) is 0 Å². The van der Waals surface area contributed by atoms with Crippen LogP contribution in [0, 0.1) is 5.82 Å². The van der Waals surface area contributed by atoms with E-state index in [0.717, 1.165) is 4.47 Å². The van der Waals surface area contributed by atoms with Gasteiger partial charge in [-0.1, -0.05) is 35.3 Å². The highest BCUT2D eigenvalue weighted by molar-refractivity contribution is 9.10. The molecule has 2 nitrogen and oxygen atoms in total. The van der Waals surface area contributed by atoms with Crippen molar-refractivity contribution in [2.75, 3.05) is 0 Å². The fraction of sp³-hybridized carbons (Fsp3) is 0. The summed E-state index contributed by atoms with van der Waals surface area (Å²) in [6.07, 6.45) is 0. The lowest BCUT2D eigenvalue weighted by Gasteiger charge is -2.07. The van der Waals surface area contributed by atoms with E-state index in [0.29, 0.717) is 10.9 Å². The van der Waals surface area contributed by atoms with Gasteiger partial charge in [-0.2, -0.15) is 0 Å². The van der Waals surface area contributed by atoms with E-state index in [1.165, 1.54) is 6.07 Å². The summed E-state index contributed by atoms with van der Waals surface area (Å²) in [5.74, 6) is -0.356. The Balaban J connectivity index is 2.33. The summed E-state index contributed by atoms with van der Waals surface area (Å²) < 4.78 is 14.8. The van der Waals surface area contributed by atoms with Gasteiger partial charge in [-0.05, 0) is 40.2 Å². The predicted octanol–water partition coefficient (Wildman–Crippen LogP) is 5.51. The Kier molecular flexibility index (Phi) is 3.63. The molecule has 0 saturated heterocycles. The molecule has 0 aliphatic carbocycles. The molecule has 0 radical (unpaired) electrons. The van der Waals surface area contributed by atoms with Gasteiger partial charge in [-0.25, -0.2) is 14.4 Å². The van der Waals surface area contributed by atoms with Crippen LogP contribution in [0.25, 0.3) is 22.3 Å². The van der Waals surface area contributed by atoms with Gasteiger partial charge in [0.25, 0.3) is 0 Å². The molecule has 0 atom stereocenters. The van der Waals surface area contributed by atoms with E-state index in [4.69, 9.17) is 23.2 Å². The summed E-state index contributed by atoms with van der Waals surface area (Å²) in [4.78, 5) is 8.52. The van der Waals surface area contributed by atoms with E-state index in [-0.39, 0.29) is 21.6 Å². The fourth-order valence-corrected chi connectivity index (χ4v) is 2.74. The van der Waals surface area contributed by atoms with Gasteiger partial charge in [0.2, 0.25) is 0 Å². The SMILES string of the molecule is Fc1c(Cl)cccc1-c1nc(Cl)c2cccc(Br)c2n1. The van der Waals surface area contributed by atoms with Crippen molar-refractivity contribution in [2.24, 2.45) is 0 Å².